The Balaban J connectivity index is 2.32. The van der Waals surface area contributed by atoms with Crippen LogP contribution in [0.15, 0.2) is 42.5 Å². The normalized spacial score (nSPS) is 11.5. The highest BCUT2D eigenvalue weighted by Gasteiger charge is 2.24. The van der Waals surface area contributed by atoms with Crippen LogP contribution in [0.5, 0.6) is 11.5 Å². The summed E-state index contributed by atoms with van der Waals surface area (Å²) in [6.45, 7) is 3.92. The van der Waals surface area contributed by atoms with Crippen LogP contribution in [0.2, 0.25) is 0 Å². The number of hydrogen-bond acceptors (Lipinski definition) is 5. The van der Waals surface area contributed by atoms with E-state index in [1.807, 2.05) is 31.2 Å². The lowest BCUT2D eigenvalue weighted by Crippen LogP contribution is -2.30. The second-order valence-corrected chi connectivity index (χ2v) is 5.71. The number of nitro benzene ring substituents is 1. The van der Waals surface area contributed by atoms with Gasteiger partial charge >= 0.3 is 5.69 Å². The average molecular weight is 358 g/mol. The summed E-state index contributed by atoms with van der Waals surface area (Å²) in [6.07, 6.45) is 0. The second-order valence-electron chi connectivity index (χ2n) is 5.71. The summed E-state index contributed by atoms with van der Waals surface area (Å²) in [6, 6.07) is 11.4. The van der Waals surface area contributed by atoms with E-state index in [0.717, 1.165) is 5.56 Å². The summed E-state index contributed by atoms with van der Waals surface area (Å²) in [4.78, 5) is 25.1. The highest BCUT2D eigenvalue weighted by Crippen LogP contribution is 2.31. The van der Waals surface area contributed by atoms with Crippen LogP contribution in [0, 0.1) is 10.1 Å². The van der Waals surface area contributed by atoms with Crippen molar-refractivity contribution in [2.45, 2.75) is 19.9 Å². The van der Waals surface area contributed by atoms with Crippen LogP contribution in [0.4, 0.5) is 5.69 Å². The zero-order valence-corrected chi connectivity index (χ0v) is 15.3. The number of methoxy groups -OCH3 is 1. The van der Waals surface area contributed by atoms with E-state index in [0.29, 0.717) is 12.4 Å². The fourth-order valence-corrected chi connectivity index (χ4v) is 2.67. The van der Waals surface area contributed by atoms with Gasteiger partial charge in [-0.05, 0) is 32.0 Å². The van der Waals surface area contributed by atoms with Gasteiger partial charge in [0.2, 0.25) is 0 Å². The van der Waals surface area contributed by atoms with Gasteiger partial charge in [0.25, 0.3) is 5.91 Å². The van der Waals surface area contributed by atoms with Crippen molar-refractivity contribution in [1.82, 2.24) is 4.90 Å². The van der Waals surface area contributed by atoms with Crippen LogP contribution in [0.1, 0.15) is 35.8 Å². The average Bonchev–Trinajstić information content (AvgIpc) is 2.66. The van der Waals surface area contributed by atoms with Crippen molar-refractivity contribution in [3.8, 4) is 11.5 Å². The van der Waals surface area contributed by atoms with Gasteiger partial charge in [-0.2, -0.15) is 0 Å². The van der Waals surface area contributed by atoms with Gasteiger partial charge in [-0.3, -0.25) is 14.9 Å². The van der Waals surface area contributed by atoms with E-state index in [9.17, 15) is 14.9 Å². The van der Waals surface area contributed by atoms with Crippen LogP contribution >= 0.6 is 0 Å². The Kier molecular flexibility index (Phi) is 6.16. The Labute approximate surface area is 152 Å². The molecule has 26 heavy (non-hydrogen) atoms. The Hall–Kier alpha value is -3.09. The van der Waals surface area contributed by atoms with Crippen molar-refractivity contribution in [2.24, 2.45) is 0 Å². The molecule has 0 fully saturated rings. The molecule has 0 aliphatic heterocycles. The first-order chi connectivity index (χ1) is 12.4. The smallest absolute Gasteiger partial charge is 0.311 e. The topological polar surface area (TPSA) is 81.9 Å². The second kappa shape index (κ2) is 8.33. The van der Waals surface area contributed by atoms with Gasteiger partial charge in [0.1, 0.15) is 5.75 Å². The SMILES string of the molecule is CCOc1ccc(C(=O)N(C)[C@@H](C)c2ccccc2OC)cc1[N+](=O)[O-]. The van der Waals surface area contributed by atoms with E-state index in [4.69, 9.17) is 9.47 Å². The summed E-state index contributed by atoms with van der Waals surface area (Å²) in [5.41, 5.74) is 0.853. The number of amides is 1. The molecule has 0 saturated carbocycles. The van der Waals surface area contributed by atoms with E-state index >= 15 is 0 Å². The Morgan fingerprint density at radius 3 is 2.54 bits per heavy atom. The fourth-order valence-electron chi connectivity index (χ4n) is 2.67. The van der Waals surface area contributed by atoms with Gasteiger partial charge in [0.15, 0.2) is 5.75 Å². The molecule has 0 N–H and O–H groups in total. The van der Waals surface area contributed by atoms with E-state index < -0.39 is 4.92 Å². The van der Waals surface area contributed by atoms with Crippen molar-refractivity contribution in [3.63, 3.8) is 0 Å². The first kappa shape index (κ1) is 19.2. The van der Waals surface area contributed by atoms with E-state index in [-0.39, 0.29) is 28.9 Å². The molecule has 0 aromatic heterocycles. The third kappa shape index (κ3) is 3.93. The molecular formula is C19H22N2O5. The Morgan fingerprint density at radius 2 is 1.92 bits per heavy atom. The number of hydrogen-bond donors (Lipinski definition) is 0. The predicted octanol–water partition coefficient (Wildman–Crippen LogP) is 3.84. The van der Waals surface area contributed by atoms with Crippen molar-refractivity contribution in [2.75, 3.05) is 20.8 Å². The molecule has 0 spiro atoms. The zero-order chi connectivity index (χ0) is 19.3. The first-order valence-corrected chi connectivity index (χ1v) is 8.22. The molecule has 0 aliphatic carbocycles. The summed E-state index contributed by atoms with van der Waals surface area (Å²) in [5, 5.41) is 11.3. The number of benzene rings is 2. The minimum absolute atomic E-state index is 0.148. The van der Waals surface area contributed by atoms with E-state index in [2.05, 4.69) is 0 Å². The predicted molar refractivity (Wildman–Crippen MR) is 97.8 cm³/mol. The summed E-state index contributed by atoms with van der Waals surface area (Å²) >= 11 is 0. The van der Waals surface area contributed by atoms with Crippen molar-refractivity contribution in [3.05, 3.63) is 63.7 Å². The quantitative estimate of drug-likeness (QED) is 0.555. The third-order valence-corrected chi connectivity index (χ3v) is 4.19. The number of carbonyl (C=O) groups excluding carboxylic acids is 1. The van der Waals surface area contributed by atoms with Crippen LogP contribution in [0.3, 0.4) is 0 Å². The molecule has 0 bridgehead atoms. The molecule has 1 amide bonds. The van der Waals surface area contributed by atoms with Gasteiger partial charge in [-0.25, -0.2) is 0 Å². The lowest BCUT2D eigenvalue weighted by atomic mass is 10.0. The minimum atomic E-state index is -0.550. The molecule has 0 saturated heterocycles. The van der Waals surface area contributed by atoms with Gasteiger partial charge in [-0.1, -0.05) is 18.2 Å². The molecule has 0 unspecified atom stereocenters. The Morgan fingerprint density at radius 1 is 1.23 bits per heavy atom. The lowest BCUT2D eigenvalue weighted by molar-refractivity contribution is -0.385. The molecule has 7 heteroatoms. The molecule has 1 atom stereocenters. The van der Waals surface area contributed by atoms with Gasteiger partial charge in [0.05, 0.1) is 24.7 Å². The molecule has 7 nitrogen and oxygen atoms in total. The first-order valence-electron chi connectivity index (χ1n) is 8.22. The van der Waals surface area contributed by atoms with E-state index in [1.54, 1.807) is 21.1 Å². The summed E-state index contributed by atoms with van der Waals surface area (Å²) in [7, 11) is 3.23. The molecule has 2 aromatic carbocycles. The zero-order valence-electron chi connectivity index (χ0n) is 15.3. The van der Waals surface area contributed by atoms with Gasteiger partial charge in [-0.15, -0.1) is 0 Å². The number of rotatable bonds is 7. The summed E-state index contributed by atoms with van der Waals surface area (Å²) < 4.78 is 10.6. The lowest BCUT2D eigenvalue weighted by Gasteiger charge is -2.26. The van der Waals surface area contributed by atoms with Crippen LogP contribution in [-0.4, -0.2) is 36.5 Å². The maximum Gasteiger partial charge on any atom is 0.311 e. The number of para-hydroxylation sites is 1. The maximum atomic E-state index is 12.8. The molecule has 0 aliphatic rings. The van der Waals surface area contributed by atoms with Crippen LogP contribution in [-0.2, 0) is 0 Å². The number of nitro groups is 1. The molecule has 2 rings (SSSR count). The van der Waals surface area contributed by atoms with Crippen molar-refractivity contribution < 1.29 is 19.2 Å². The molecular weight excluding hydrogens is 336 g/mol. The summed E-state index contributed by atoms with van der Waals surface area (Å²) in [5.74, 6) is 0.501. The number of ether oxygens (including phenoxy) is 2. The number of carbonyl (C=O) groups is 1. The molecule has 138 valence electrons. The van der Waals surface area contributed by atoms with Crippen molar-refractivity contribution >= 4 is 11.6 Å². The minimum Gasteiger partial charge on any atom is -0.496 e. The maximum absolute atomic E-state index is 12.8. The van der Waals surface area contributed by atoms with Gasteiger partial charge < -0.3 is 14.4 Å². The molecule has 2 aromatic rings. The number of nitrogens with zero attached hydrogens (tertiary/aromatic N) is 2. The van der Waals surface area contributed by atoms with Crippen LogP contribution in [0.25, 0.3) is 0 Å². The standard InChI is InChI=1S/C19H22N2O5/c1-5-26-18-11-10-14(12-16(18)21(23)24)19(22)20(3)13(2)15-8-6-7-9-17(15)25-4/h6-13H,5H2,1-4H3/t13-/m0/s1. The largest absolute Gasteiger partial charge is 0.496 e. The highest BCUT2D eigenvalue weighted by atomic mass is 16.6. The third-order valence-electron chi connectivity index (χ3n) is 4.19. The molecule has 0 radical (unpaired) electrons. The fraction of sp³-hybridized carbons (Fsp3) is 0.316. The van der Waals surface area contributed by atoms with E-state index in [1.165, 1.54) is 23.1 Å². The Bertz CT molecular complexity index is 806. The van der Waals surface area contributed by atoms with Gasteiger partial charge in [0, 0.05) is 24.2 Å². The van der Waals surface area contributed by atoms with Crippen molar-refractivity contribution in [1.29, 1.82) is 0 Å². The van der Waals surface area contributed by atoms with Crippen LogP contribution < -0.4 is 9.47 Å². The molecule has 0 heterocycles. The highest BCUT2D eigenvalue weighted by molar-refractivity contribution is 5.95. The monoisotopic (exact) mass is 358 g/mol.